The molecule has 10 heteroatoms. The van der Waals surface area contributed by atoms with E-state index in [2.05, 4.69) is 5.32 Å². The van der Waals surface area contributed by atoms with Crippen molar-refractivity contribution in [2.24, 2.45) is 0 Å². The average Bonchev–Trinajstić information content (AvgIpc) is 3.30. The third kappa shape index (κ3) is 4.17. The molecule has 8 nitrogen and oxygen atoms in total. The van der Waals surface area contributed by atoms with Gasteiger partial charge in [0.1, 0.15) is 5.75 Å². The molecular weight excluding hydrogens is 468 g/mol. The van der Waals surface area contributed by atoms with Crippen LogP contribution in [0.1, 0.15) is 5.56 Å². The zero-order valence-corrected chi connectivity index (χ0v) is 18.8. The molecule has 0 saturated carbocycles. The lowest BCUT2D eigenvalue weighted by atomic mass is 10.2. The number of nitrogens with one attached hydrogen (secondary N) is 1. The molecule has 0 radical (unpaired) electrons. The number of halogens is 1. The Balaban J connectivity index is 1.37. The molecule has 2 aliphatic rings. The Bertz CT molecular complexity index is 1310. The van der Waals surface area contributed by atoms with Gasteiger partial charge in [-0.05, 0) is 54.1 Å². The summed E-state index contributed by atoms with van der Waals surface area (Å²) in [6.45, 7) is 0.217. The van der Waals surface area contributed by atoms with E-state index >= 15 is 0 Å². The molecule has 3 aromatic carbocycles. The molecule has 0 aromatic heterocycles. The number of nitrogens with zero attached hydrogens (tertiary/aromatic N) is 1. The Labute approximate surface area is 195 Å². The minimum Gasteiger partial charge on any atom is -0.476 e. The molecule has 1 atom stereocenters. The quantitative estimate of drug-likeness (QED) is 0.594. The van der Waals surface area contributed by atoms with Crippen molar-refractivity contribution in [2.75, 3.05) is 17.6 Å². The van der Waals surface area contributed by atoms with E-state index in [4.69, 9.17) is 25.8 Å². The maximum Gasteiger partial charge on any atom is 0.264 e. The number of sulfonamides is 1. The highest BCUT2D eigenvalue weighted by molar-refractivity contribution is 7.92. The maximum absolute atomic E-state index is 13.4. The van der Waals surface area contributed by atoms with Crippen LogP contribution in [0.15, 0.2) is 71.6 Å². The van der Waals surface area contributed by atoms with Crippen LogP contribution in [-0.4, -0.2) is 33.8 Å². The number of amides is 1. The van der Waals surface area contributed by atoms with Crippen LogP contribution in [0.3, 0.4) is 0 Å². The molecule has 2 heterocycles. The standard InChI is InChI=1S/C23H19ClN2O6S/c24-16-6-8-17(9-7-16)33(28,29)26-13-22(32-19-4-2-1-3-18(19)26)23(27)25-12-15-5-10-20-21(11-15)31-14-30-20/h1-11,22H,12-14H2,(H,25,27)/t22-/m0/s1. The van der Waals surface area contributed by atoms with Crippen molar-refractivity contribution >= 4 is 33.2 Å². The first kappa shape index (κ1) is 21.4. The molecule has 0 aliphatic carbocycles. The number of para-hydroxylation sites is 2. The first-order chi connectivity index (χ1) is 15.9. The van der Waals surface area contributed by atoms with Crippen LogP contribution in [0.25, 0.3) is 0 Å². The Hall–Kier alpha value is -3.43. The summed E-state index contributed by atoms with van der Waals surface area (Å²) >= 11 is 5.91. The van der Waals surface area contributed by atoms with E-state index in [0.29, 0.717) is 28.0 Å². The van der Waals surface area contributed by atoms with Crippen LogP contribution in [0, 0.1) is 0 Å². The Morgan fingerprint density at radius 1 is 1.00 bits per heavy atom. The van der Waals surface area contributed by atoms with Crippen molar-refractivity contribution in [1.82, 2.24) is 5.32 Å². The van der Waals surface area contributed by atoms with Crippen LogP contribution in [0.5, 0.6) is 17.2 Å². The first-order valence-corrected chi connectivity index (χ1v) is 11.9. The predicted molar refractivity (Wildman–Crippen MR) is 121 cm³/mol. The van der Waals surface area contributed by atoms with Gasteiger partial charge in [0.15, 0.2) is 17.6 Å². The Morgan fingerprint density at radius 3 is 2.58 bits per heavy atom. The summed E-state index contributed by atoms with van der Waals surface area (Å²) in [5.74, 6) is 1.15. The van der Waals surface area contributed by atoms with Crippen molar-refractivity contribution in [3.8, 4) is 17.2 Å². The number of fused-ring (bicyclic) bond motifs is 2. The van der Waals surface area contributed by atoms with Gasteiger partial charge < -0.3 is 19.5 Å². The van der Waals surface area contributed by atoms with Crippen molar-refractivity contribution in [3.63, 3.8) is 0 Å². The molecule has 1 N–H and O–H groups in total. The molecule has 0 bridgehead atoms. The lowest BCUT2D eigenvalue weighted by Crippen LogP contribution is -2.50. The highest BCUT2D eigenvalue weighted by Crippen LogP contribution is 2.37. The number of rotatable bonds is 5. The zero-order valence-electron chi connectivity index (χ0n) is 17.2. The largest absolute Gasteiger partial charge is 0.476 e. The fourth-order valence-corrected chi connectivity index (χ4v) is 5.26. The van der Waals surface area contributed by atoms with Crippen LogP contribution >= 0.6 is 11.6 Å². The number of ether oxygens (including phenoxy) is 3. The molecule has 0 saturated heterocycles. The second kappa shape index (κ2) is 8.49. The van der Waals surface area contributed by atoms with Gasteiger partial charge in [-0.2, -0.15) is 0 Å². The van der Waals surface area contributed by atoms with Crippen LogP contribution in [0.2, 0.25) is 5.02 Å². The van der Waals surface area contributed by atoms with Gasteiger partial charge in [0.2, 0.25) is 6.79 Å². The summed E-state index contributed by atoms with van der Waals surface area (Å²) in [5.41, 5.74) is 1.18. The number of carbonyl (C=O) groups excluding carboxylic acids is 1. The highest BCUT2D eigenvalue weighted by atomic mass is 35.5. The minimum absolute atomic E-state index is 0.0723. The van der Waals surface area contributed by atoms with E-state index in [-0.39, 0.29) is 24.8 Å². The van der Waals surface area contributed by atoms with Gasteiger partial charge >= 0.3 is 0 Å². The molecule has 0 fully saturated rings. The SMILES string of the molecule is O=C(NCc1ccc2c(c1)OCO2)[C@@H]1CN(S(=O)(=O)c2ccc(Cl)cc2)c2ccccc2O1. The lowest BCUT2D eigenvalue weighted by molar-refractivity contribution is -0.127. The molecule has 170 valence electrons. The topological polar surface area (TPSA) is 94.2 Å². The Kier molecular flexibility index (Phi) is 5.51. The van der Waals surface area contributed by atoms with Crippen LogP contribution in [-0.2, 0) is 21.4 Å². The van der Waals surface area contributed by atoms with E-state index in [9.17, 15) is 13.2 Å². The van der Waals surface area contributed by atoms with E-state index in [0.717, 1.165) is 5.56 Å². The van der Waals surface area contributed by atoms with Crippen molar-refractivity contribution in [2.45, 2.75) is 17.5 Å². The van der Waals surface area contributed by atoms with E-state index < -0.39 is 22.0 Å². The molecule has 3 aromatic rings. The van der Waals surface area contributed by atoms with Gasteiger partial charge in [-0.15, -0.1) is 0 Å². The minimum atomic E-state index is -3.95. The third-order valence-electron chi connectivity index (χ3n) is 5.33. The van der Waals surface area contributed by atoms with Gasteiger partial charge in [0, 0.05) is 11.6 Å². The lowest BCUT2D eigenvalue weighted by Gasteiger charge is -2.34. The fourth-order valence-electron chi connectivity index (χ4n) is 3.65. The zero-order chi connectivity index (χ0) is 23.0. The molecule has 1 amide bonds. The van der Waals surface area contributed by atoms with Crippen molar-refractivity contribution in [1.29, 1.82) is 0 Å². The van der Waals surface area contributed by atoms with Gasteiger partial charge in [0.25, 0.3) is 15.9 Å². The molecule has 5 rings (SSSR count). The number of anilines is 1. The number of carbonyl (C=O) groups is 1. The third-order valence-corrected chi connectivity index (χ3v) is 7.38. The summed E-state index contributed by atoms with van der Waals surface area (Å²) in [5, 5.41) is 3.24. The molecular formula is C23H19ClN2O6S. The van der Waals surface area contributed by atoms with Crippen molar-refractivity contribution in [3.05, 3.63) is 77.3 Å². The smallest absolute Gasteiger partial charge is 0.264 e. The normalized spacial score (nSPS) is 16.6. The summed E-state index contributed by atoms with van der Waals surface area (Å²) in [4.78, 5) is 13.0. The predicted octanol–water partition coefficient (Wildman–Crippen LogP) is 3.34. The van der Waals surface area contributed by atoms with Gasteiger partial charge in [-0.25, -0.2) is 8.42 Å². The molecule has 0 unspecified atom stereocenters. The van der Waals surface area contributed by atoms with E-state index in [1.54, 1.807) is 36.4 Å². The van der Waals surface area contributed by atoms with Gasteiger partial charge in [-0.3, -0.25) is 9.10 Å². The molecule has 0 spiro atoms. The van der Waals surface area contributed by atoms with E-state index in [1.807, 2.05) is 6.07 Å². The summed E-state index contributed by atoms with van der Waals surface area (Å²) < 4.78 is 44.5. The van der Waals surface area contributed by atoms with Crippen LogP contribution in [0.4, 0.5) is 5.69 Å². The van der Waals surface area contributed by atoms with Crippen LogP contribution < -0.4 is 23.8 Å². The van der Waals surface area contributed by atoms with Gasteiger partial charge in [-0.1, -0.05) is 29.8 Å². The van der Waals surface area contributed by atoms with Gasteiger partial charge in [0.05, 0.1) is 17.1 Å². The average molecular weight is 487 g/mol. The van der Waals surface area contributed by atoms with Crippen molar-refractivity contribution < 1.29 is 27.4 Å². The fraction of sp³-hybridized carbons (Fsp3) is 0.174. The number of benzene rings is 3. The molecule has 2 aliphatic heterocycles. The Morgan fingerprint density at radius 2 is 1.76 bits per heavy atom. The first-order valence-electron chi connectivity index (χ1n) is 10.1. The summed E-state index contributed by atoms with van der Waals surface area (Å²) in [6, 6.07) is 18.0. The highest BCUT2D eigenvalue weighted by Gasteiger charge is 2.37. The van der Waals surface area contributed by atoms with E-state index in [1.165, 1.54) is 28.6 Å². The summed E-state index contributed by atoms with van der Waals surface area (Å²) in [7, 11) is -3.95. The number of hydrogen-bond donors (Lipinski definition) is 1. The maximum atomic E-state index is 13.4. The second-order valence-corrected chi connectivity index (χ2v) is 9.77. The monoisotopic (exact) mass is 486 g/mol. The summed E-state index contributed by atoms with van der Waals surface area (Å²) in [6.07, 6.45) is -1.03. The number of hydrogen-bond acceptors (Lipinski definition) is 6. The molecule has 33 heavy (non-hydrogen) atoms. The second-order valence-electron chi connectivity index (χ2n) is 7.47.